The first-order valence-corrected chi connectivity index (χ1v) is 5.31. The van der Waals surface area contributed by atoms with Crippen molar-refractivity contribution >= 4 is 5.97 Å². The van der Waals surface area contributed by atoms with Gasteiger partial charge in [0.2, 0.25) is 0 Å². The number of hydrogen-bond acceptors (Lipinski definition) is 4. The van der Waals surface area contributed by atoms with Gasteiger partial charge in [0.25, 0.3) is 0 Å². The quantitative estimate of drug-likeness (QED) is 0.423. The summed E-state index contributed by atoms with van der Waals surface area (Å²) in [6.45, 7) is 4.27. The Bertz CT molecular complexity index is 336. The van der Waals surface area contributed by atoms with Crippen molar-refractivity contribution in [2.45, 2.75) is 26.7 Å². The van der Waals surface area contributed by atoms with Crippen LogP contribution in [-0.2, 0) is 14.8 Å². The molecule has 0 unspecified atom stereocenters. The smallest absolute Gasteiger partial charge is 0.263 e. The van der Waals surface area contributed by atoms with Crippen LogP contribution in [0.15, 0.2) is 24.3 Å². The van der Waals surface area contributed by atoms with Crippen molar-refractivity contribution in [3.05, 3.63) is 35.4 Å². The monoisotopic (exact) mass is 224 g/mol. The normalized spacial score (nSPS) is 10.1. The number of unbranched alkanes of at least 4 members (excludes halogenated alkanes) is 1. The predicted molar refractivity (Wildman–Crippen MR) is 58.5 cm³/mol. The lowest BCUT2D eigenvalue weighted by Gasteiger charge is -2.04. The molecule has 0 heterocycles. The van der Waals surface area contributed by atoms with Crippen LogP contribution in [0.4, 0.5) is 0 Å². The molecule has 0 aliphatic heterocycles. The standard InChI is InChI=1S/C12H16O4/c1-3-4-9-14-16-15-12(13)11-8-6-5-7-10(11)2/h5-8H,3-4,9H2,1-2H3. The lowest BCUT2D eigenvalue weighted by molar-refractivity contribution is -0.481. The molecule has 0 aliphatic rings. The van der Waals surface area contributed by atoms with Crippen molar-refractivity contribution in [1.29, 1.82) is 0 Å². The van der Waals surface area contributed by atoms with E-state index in [0.717, 1.165) is 18.4 Å². The SMILES string of the molecule is CCCCOOOC(=O)c1ccccc1C. The third-order valence-electron chi connectivity index (χ3n) is 2.10. The van der Waals surface area contributed by atoms with Crippen LogP contribution in [-0.4, -0.2) is 12.6 Å². The molecule has 0 saturated carbocycles. The van der Waals surface area contributed by atoms with Crippen LogP contribution in [0.5, 0.6) is 0 Å². The minimum absolute atomic E-state index is 0.414. The Balaban J connectivity index is 2.33. The lowest BCUT2D eigenvalue weighted by atomic mass is 10.1. The number of rotatable bonds is 6. The molecule has 1 aromatic carbocycles. The van der Waals surface area contributed by atoms with Gasteiger partial charge >= 0.3 is 5.97 Å². The molecule has 0 radical (unpaired) electrons. The van der Waals surface area contributed by atoms with E-state index in [1.165, 1.54) is 0 Å². The Hall–Kier alpha value is -1.39. The highest BCUT2D eigenvalue weighted by molar-refractivity contribution is 5.90. The van der Waals surface area contributed by atoms with Gasteiger partial charge in [0.1, 0.15) is 0 Å². The summed E-state index contributed by atoms with van der Waals surface area (Å²) in [5.74, 6) is -0.547. The van der Waals surface area contributed by atoms with Crippen molar-refractivity contribution in [1.82, 2.24) is 0 Å². The van der Waals surface area contributed by atoms with Gasteiger partial charge in [-0.15, -0.1) is 0 Å². The van der Waals surface area contributed by atoms with Gasteiger partial charge in [0.05, 0.1) is 12.2 Å². The predicted octanol–water partition coefficient (Wildman–Crippen LogP) is 2.82. The summed E-state index contributed by atoms with van der Waals surface area (Å²) < 4.78 is 0. The summed E-state index contributed by atoms with van der Waals surface area (Å²) >= 11 is 0. The van der Waals surface area contributed by atoms with E-state index in [2.05, 4.69) is 14.8 Å². The van der Waals surface area contributed by atoms with E-state index in [1.807, 2.05) is 26.0 Å². The van der Waals surface area contributed by atoms with E-state index < -0.39 is 5.97 Å². The molecule has 4 nitrogen and oxygen atoms in total. The summed E-state index contributed by atoms with van der Waals surface area (Å²) in [5, 5.41) is 4.36. The van der Waals surface area contributed by atoms with Gasteiger partial charge in [0, 0.05) is 0 Å². The van der Waals surface area contributed by atoms with Gasteiger partial charge in [-0.3, -0.25) is 4.89 Å². The lowest BCUT2D eigenvalue weighted by Crippen LogP contribution is -2.08. The molecule has 0 aromatic heterocycles. The molecule has 0 aliphatic carbocycles. The van der Waals surface area contributed by atoms with E-state index in [0.29, 0.717) is 12.2 Å². The molecule has 0 bridgehead atoms. The zero-order valence-electron chi connectivity index (χ0n) is 9.56. The molecule has 88 valence electrons. The number of aryl methyl sites for hydroxylation is 1. The first-order valence-electron chi connectivity index (χ1n) is 5.31. The molecular weight excluding hydrogens is 208 g/mol. The van der Waals surface area contributed by atoms with Gasteiger partial charge in [0.15, 0.2) is 0 Å². The zero-order valence-corrected chi connectivity index (χ0v) is 9.56. The zero-order chi connectivity index (χ0) is 11.8. The second-order valence-electron chi connectivity index (χ2n) is 3.43. The number of carbonyl (C=O) groups is 1. The van der Waals surface area contributed by atoms with E-state index in [9.17, 15) is 4.79 Å². The van der Waals surface area contributed by atoms with E-state index in [4.69, 9.17) is 0 Å². The topological polar surface area (TPSA) is 44.8 Å². The maximum Gasteiger partial charge on any atom is 0.376 e. The Morgan fingerprint density at radius 2 is 2.06 bits per heavy atom. The van der Waals surface area contributed by atoms with E-state index in [1.54, 1.807) is 12.1 Å². The summed E-state index contributed by atoms with van der Waals surface area (Å²) in [6, 6.07) is 7.12. The third kappa shape index (κ3) is 4.00. The molecule has 0 saturated heterocycles. The fourth-order valence-corrected chi connectivity index (χ4v) is 1.14. The minimum Gasteiger partial charge on any atom is -0.263 e. The van der Waals surface area contributed by atoms with Crippen molar-refractivity contribution in [2.75, 3.05) is 6.61 Å². The van der Waals surface area contributed by atoms with Crippen molar-refractivity contribution in [3.8, 4) is 0 Å². The van der Waals surface area contributed by atoms with Crippen LogP contribution >= 0.6 is 0 Å². The first-order chi connectivity index (χ1) is 7.75. The average Bonchev–Trinajstić information content (AvgIpc) is 2.29. The summed E-state index contributed by atoms with van der Waals surface area (Å²) in [6.07, 6.45) is 1.86. The summed E-state index contributed by atoms with van der Waals surface area (Å²) in [4.78, 5) is 20.6. The van der Waals surface area contributed by atoms with Crippen LogP contribution in [0.25, 0.3) is 0 Å². The molecule has 1 rings (SSSR count). The van der Waals surface area contributed by atoms with Crippen LogP contribution < -0.4 is 0 Å². The molecule has 0 amide bonds. The molecule has 0 atom stereocenters. The third-order valence-corrected chi connectivity index (χ3v) is 2.10. The maximum absolute atomic E-state index is 11.5. The second kappa shape index (κ2) is 6.98. The number of hydrogen-bond donors (Lipinski definition) is 0. The molecule has 0 N–H and O–H groups in total. The molecule has 0 spiro atoms. The minimum atomic E-state index is -0.547. The van der Waals surface area contributed by atoms with Crippen molar-refractivity contribution < 1.29 is 19.6 Å². The highest BCUT2D eigenvalue weighted by atomic mass is 17.5. The highest BCUT2D eigenvalue weighted by Crippen LogP contribution is 2.08. The molecule has 4 heteroatoms. The number of benzene rings is 1. The fourth-order valence-electron chi connectivity index (χ4n) is 1.14. The Morgan fingerprint density at radius 3 is 2.75 bits per heavy atom. The Labute approximate surface area is 95.0 Å². The van der Waals surface area contributed by atoms with Gasteiger partial charge in [-0.2, -0.15) is 4.89 Å². The summed E-state index contributed by atoms with van der Waals surface area (Å²) in [7, 11) is 0. The maximum atomic E-state index is 11.5. The first kappa shape index (κ1) is 12.7. The molecule has 0 fully saturated rings. The highest BCUT2D eigenvalue weighted by Gasteiger charge is 2.10. The Morgan fingerprint density at radius 1 is 1.31 bits per heavy atom. The van der Waals surface area contributed by atoms with Gasteiger partial charge < -0.3 is 0 Å². The Kier molecular flexibility index (Phi) is 5.53. The fraction of sp³-hybridized carbons (Fsp3) is 0.417. The van der Waals surface area contributed by atoms with Gasteiger partial charge in [-0.05, 0) is 30.0 Å². The van der Waals surface area contributed by atoms with Crippen LogP contribution in [0, 0.1) is 6.92 Å². The van der Waals surface area contributed by atoms with E-state index in [-0.39, 0.29) is 0 Å². The van der Waals surface area contributed by atoms with Crippen molar-refractivity contribution in [2.24, 2.45) is 0 Å². The van der Waals surface area contributed by atoms with Crippen LogP contribution in [0.3, 0.4) is 0 Å². The van der Waals surface area contributed by atoms with Crippen molar-refractivity contribution in [3.63, 3.8) is 0 Å². The summed E-state index contributed by atoms with van der Waals surface area (Å²) in [5.41, 5.74) is 1.31. The second-order valence-corrected chi connectivity index (χ2v) is 3.43. The number of carbonyl (C=O) groups excluding carboxylic acids is 1. The van der Waals surface area contributed by atoms with Crippen LogP contribution in [0.2, 0.25) is 0 Å². The van der Waals surface area contributed by atoms with Crippen LogP contribution in [0.1, 0.15) is 35.7 Å². The largest absolute Gasteiger partial charge is 0.376 e. The van der Waals surface area contributed by atoms with Gasteiger partial charge in [-0.1, -0.05) is 31.5 Å². The van der Waals surface area contributed by atoms with E-state index >= 15 is 0 Å². The van der Waals surface area contributed by atoms with Gasteiger partial charge in [-0.25, -0.2) is 4.79 Å². The molecular formula is C12H16O4. The molecule has 1 aromatic rings. The molecule has 16 heavy (non-hydrogen) atoms. The average molecular weight is 224 g/mol.